The topological polar surface area (TPSA) is 141 Å². The second kappa shape index (κ2) is 22.5. The molecule has 14 nitrogen and oxygen atoms in total. The maximum atomic E-state index is 14.8. The fourth-order valence-corrected chi connectivity index (χ4v) is 6.54. The maximum absolute atomic E-state index is 14.8. The zero-order chi connectivity index (χ0) is 44.1. The van der Waals surface area contributed by atoms with Crippen LogP contribution in [-0.4, -0.2) is 117 Å². The first-order chi connectivity index (χ1) is 29.2. The summed E-state index contributed by atoms with van der Waals surface area (Å²) >= 11 is 0. The average Bonchev–Trinajstić information content (AvgIpc) is 3.27. The number of ether oxygens (including phenoxy) is 3. The van der Waals surface area contributed by atoms with Gasteiger partial charge in [-0.15, -0.1) is 12.4 Å². The molecule has 2 saturated heterocycles. The first kappa shape index (κ1) is 48.4. The van der Waals surface area contributed by atoms with Crippen LogP contribution in [0.3, 0.4) is 0 Å². The highest BCUT2D eigenvalue weighted by Crippen LogP contribution is 2.24. The molecule has 0 bridgehead atoms. The number of carbonyl (C=O) groups is 5. The van der Waals surface area contributed by atoms with Crippen LogP contribution in [0.1, 0.15) is 52.6 Å². The van der Waals surface area contributed by atoms with E-state index in [0.29, 0.717) is 56.2 Å². The summed E-state index contributed by atoms with van der Waals surface area (Å²) in [6.07, 6.45) is -0.410. The Balaban J connectivity index is 0.000000275. The molecule has 0 aliphatic carbocycles. The van der Waals surface area contributed by atoms with Crippen molar-refractivity contribution in [3.8, 4) is 0 Å². The summed E-state index contributed by atoms with van der Waals surface area (Å²) in [6, 6.07) is 25.9. The van der Waals surface area contributed by atoms with E-state index >= 15 is 0 Å². The quantitative estimate of drug-likeness (QED) is 0.142. The molecule has 0 unspecified atom stereocenters. The highest BCUT2D eigenvalue weighted by Gasteiger charge is 2.31. The molecule has 4 aromatic rings. The molecule has 2 aliphatic heterocycles. The number of methoxy groups -OCH3 is 2. The van der Waals surface area contributed by atoms with E-state index in [1.54, 1.807) is 64.6 Å². The minimum absolute atomic E-state index is 0. The van der Waals surface area contributed by atoms with Crippen LogP contribution in [0.15, 0.2) is 97.1 Å². The average molecular weight is 879 g/mol. The van der Waals surface area contributed by atoms with Gasteiger partial charge in [-0.05, 0) is 69.3 Å². The number of amides is 5. The van der Waals surface area contributed by atoms with E-state index in [9.17, 15) is 32.8 Å². The Morgan fingerprint density at radius 1 is 0.597 bits per heavy atom. The molecule has 0 radical (unpaired) electrons. The van der Waals surface area contributed by atoms with Gasteiger partial charge in [-0.25, -0.2) is 32.8 Å². The lowest BCUT2D eigenvalue weighted by molar-refractivity contribution is 0.0171. The van der Waals surface area contributed by atoms with E-state index in [2.05, 4.69) is 14.8 Å². The van der Waals surface area contributed by atoms with Gasteiger partial charge in [0.25, 0.3) is 0 Å². The smallest absolute Gasteiger partial charge is 0.410 e. The van der Waals surface area contributed by atoms with Crippen LogP contribution in [0.5, 0.6) is 0 Å². The Morgan fingerprint density at radius 3 is 1.35 bits per heavy atom. The third-order valence-electron chi connectivity index (χ3n) is 9.79. The van der Waals surface area contributed by atoms with Crippen molar-refractivity contribution in [2.45, 2.75) is 39.5 Å². The van der Waals surface area contributed by atoms with Crippen LogP contribution in [0, 0.1) is 11.6 Å². The monoisotopic (exact) mass is 878 g/mol. The van der Waals surface area contributed by atoms with Crippen LogP contribution in [-0.2, 0) is 27.3 Å². The van der Waals surface area contributed by atoms with Crippen LogP contribution >= 0.6 is 12.4 Å². The maximum Gasteiger partial charge on any atom is 0.410 e. The number of anilines is 2. The fourth-order valence-electron chi connectivity index (χ4n) is 6.54. The van der Waals surface area contributed by atoms with Crippen LogP contribution in [0.4, 0.5) is 34.5 Å². The molecule has 0 spiro atoms. The Hall–Kier alpha value is -6.26. The third-order valence-corrected chi connectivity index (χ3v) is 9.79. The number of urea groups is 2. The van der Waals surface area contributed by atoms with Gasteiger partial charge < -0.3 is 34.2 Å². The van der Waals surface area contributed by atoms with Crippen molar-refractivity contribution in [2.24, 2.45) is 0 Å². The lowest BCUT2D eigenvalue weighted by Gasteiger charge is -2.38. The zero-order valence-electron chi connectivity index (χ0n) is 35.5. The molecule has 17 heteroatoms. The van der Waals surface area contributed by atoms with E-state index in [-0.39, 0.29) is 54.2 Å². The second-order valence-corrected chi connectivity index (χ2v) is 15.2. The highest BCUT2D eigenvalue weighted by atomic mass is 35.5. The Bertz CT molecular complexity index is 2150. The van der Waals surface area contributed by atoms with Crippen molar-refractivity contribution in [2.75, 3.05) is 76.4 Å². The predicted octanol–water partition coefficient (Wildman–Crippen LogP) is 7.36. The molecule has 2 fully saturated rings. The lowest BCUT2D eigenvalue weighted by Crippen LogP contribution is -2.54. The Labute approximate surface area is 366 Å². The van der Waals surface area contributed by atoms with Crippen LogP contribution in [0.2, 0.25) is 0 Å². The van der Waals surface area contributed by atoms with Gasteiger partial charge >= 0.3 is 30.1 Å². The number of hydrogen-bond donors (Lipinski definition) is 1. The van der Waals surface area contributed by atoms with Gasteiger partial charge in [0.15, 0.2) is 0 Å². The van der Waals surface area contributed by atoms with Crippen molar-refractivity contribution in [1.29, 1.82) is 0 Å². The summed E-state index contributed by atoms with van der Waals surface area (Å²) in [5.41, 5.74) is 1.53. The molecular formula is C45H53ClF2N6O8. The molecule has 2 aliphatic rings. The number of nitrogens with zero attached hydrogens (tertiary/aromatic N) is 5. The van der Waals surface area contributed by atoms with Crippen molar-refractivity contribution in [3.63, 3.8) is 0 Å². The molecule has 332 valence electrons. The van der Waals surface area contributed by atoms with Gasteiger partial charge in [-0.2, -0.15) is 0 Å². The Morgan fingerprint density at radius 2 is 0.984 bits per heavy atom. The molecule has 6 rings (SSSR count). The van der Waals surface area contributed by atoms with E-state index < -0.39 is 35.3 Å². The molecule has 5 amide bonds. The largest absolute Gasteiger partial charge is 0.465 e. The van der Waals surface area contributed by atoms with Crippen molar-refractivity contribution in [3.05, 3.63) is 131 Å². The number of hydrogen-bond acceptors (Lipinski definition) is 9. The third kappa shape index (κ3) is 13.1. The number of para-hydroxylation sites is 2. The van der Waals surface area contributed by atoms with Crippen molar-refractivity contribution in [1.82, 2.24) is 20.0 Å². The molecule has 1 N–H and O–H groups in total. The molecular weight excluding hydrogens is 826 g/mol. The van der Waals surface area contributed by atoms with E-state index in [1.807, 2.05) is 36.4 Å². The van der Waals surface area contributed by atoms with Gasteiger partial charge in [-0.3, -0.25) is 9.80 Å². The van der Waals surface area contributed by atoms with Gasteiger partial charge in [0.1, 0.15) is 17.2 Å². The summed E-state index contributed by atoms with van der Waals surface area (Å²) in [5.74, 6) is -2.39. The minimum atomic E-state index is -0.635. The lowest BCUT2D eigenvalue weighted by atomic mass is 10.1. The standard InChI is InChI=1S/C25H30FN3O5.C20H22FN3O3.ClH/c1-25(2,3)34-24(32)28-14-12-27(13-15-28)23(31)29(20-8-6-5-7-9-20)17-19-11-10-18(16-21(19)26)22(30)33-4;1-27-19(25)15-7-8-16(18(21)13-15)14-24(17-5-3-2-4-6-17)20(26)23-11-9-22-10-12-23;/h5-11,16H,12-15,17H2,1-4H3;2-8,13,22H,9-12,14H2,1H3;1H. The van der Waals surface area contributed by atoms with Gasteiger partial charge in [0, 0.05) is 74.9 Å². The van der Waals surface area contributed by atoms with Crippen LogP contribution < -0.4 is 15.1 Å². The van der Waals surface area contributed by atoms with Crippen LogP contribution in [0.25, 0.3) is 0 Å². The molecule has 4 aromatic carbocycles. The summed E-state index contributed by atoms with van der Waals surface area (Å²) in [5, 5.41) is 3.21. The van der Waals surface area contributed by atoms with Gasteiger partial charge in [0.2, 0.25) is 0 Å². The summed E-state index contributed by atoms with van der Waals surface area (Å²) in [7, 11) is 2.48. The second-order valence-electron chi connectivity index (χ2n) is 15.2. The minimum Gasteiger partial charge on any atom is -0.465 e. The normalized spacial score (nSPS) is 13.7. The van der Waals surface area contributed by atoms with Gasteiger partial charge in [-0.1, -0.05) is 48.5 Å². The predicted molar refractivity (Wildman–Crippen MR) is 233 cm³/mol. The number of piperazine rings is 2. The van der Waals surface area contributed by atoms with Crippen molar-refractivity contribution < 1.29 is 47.0 Å². The Kier molecular flexibility index (Phi) is 17.6. The first-order valence-corrected chi connectivity index (χ1v) is 19.8. The summed E-state index contributed by atoms with van der Waals surface area (Å²) in [6.45, 7) is 9.46. The van der Waals surface area contributed by atoms with E-state index in [4.69, 9.17) is 4.74 Å². The number of benzene rings is 4. The number of halogens is 3. The van der Waals surface area contributed by atoms with E-state index in [0.717, 1.165) is 25.2 Å². The first-order valence-electron chi connectivity index (χ1n) is 19.8. The SMILES string of the molecule is COC(=O)c1ccc(CN(C(=O)N2CCN(C(=O)OC(C)(C)C)CC2)c2ccccc2)c(F)c1.COC(=O)c1ccc(CN(C(=O)N2CCNCC2)c2ccccc2)c(F)c1.Cl. The molecule has 0 saturated carbocycles. The van der Waals surface area contributed by atoms with Crippen molar-refractivity contribution >= 4 is 53.9 Å². The fraction of sp³-hybridized carbons (Fsp3) is 0.356. The molecule has 62 heavy (non-hydrogen) atoms. The molecule has 2 heterocycles. The van der Waals surface area contributed by atoms with E-state index in [1.165, 1.54) is 43.4 Å². The summed E-state index contributed by atoms with van der Waals surface area (Å²) in [4.78, 5) is 70.1. The van der Waals surface area contributed by atoms with Gasteiger partial charge in [0.05, 0.1) is 38.4 Å². The highest BCUT2D eigenvalue weighted by molar-refractivity contribution is 5.93. The molecule has 0 atom stereocenters. The zero-order valence-corrected chi connectivity index (χ0v) is 36.3. The number of nitrogens with one attached hydrogen (secondary N) is 1. The number of rotatable bonds is 8. The molecule has 0 aromatic heterocycles. The number of esters is 2. The summed E-state index contributed by atoms with van der Waals surface area (Å²) < 4.78 is 44.0. The number of carbonyl (C=O) groups excluding carboxylic acids is 5.